The van der Waals surface area contributed by atoms with E-state index in [1.807, 2.05) is 0 Å². The Morgan fingerprint density at radius 2 is 0.644 bits per heavy atom. The van der Waals surface area contributed by atoms with Crippen molar-refractivity contribution in [3.63, 3.8) is 0 Å². The van der Waals surface area contributed by atoms with Crippen LogP contribution in [-0.4, -0.2) is 131 Å². The van der Waals surface area contributed by atoms with Crippen molar-refractivity contribution in [2.75, 3.05) is 119 Å². The minimum absolute atomic E-state index is 0.108. The number of hydrogen-bond acceptors (Lipinski definition) is 13. The zero-order chi connectivity index (χ0) is 43.6. The van der Waals surface area contributed by atoms with Crippen molar-refractivity contribution >= 4 is 17.5 Å². The van der Waals surface area contributed by atoms with Crippen molar-refractivity contribution in [1.82, 2.24) is 0 Å². The van der Waals surface area contributed by atoms with Crippen LogP contribution in [0.2, 0.25) is 0 Å². The topological polar surface area (TPSA) is 136 Å². The van der Waals surface area contributed by atoms with Gasteiger partial charge < -0.3 is 52.1 Å². The van der Waals surface area contributed by atoms with Crippen molar-refractivity contribution in [2.45, 2.75) is 26.7 Å². The van der Waals surface area contributed by atoms with E-state index in [1.54, 1.807) is 0 Å². The highest BCUT2D eigenvalue weighted by Gasteiger charge is 2.29. The van der Waals surface area contributed by atoms with Crippen molar-refractivity contribution in [2.24, 2.45) is 0 Å². The van der Waals surface area contributed by atoms with Crippen LogP contribution in [-0.2, 0) is 52.2 Å². The molecule has 2 aromatic carbocycles. The third kappa shape index (κ3) is 19.0. The average Bonchev–Trinajstić information content (AvgIpc) is 3.21. The van der Waals surface area contributed by atoms with Gasteiger partial charge in [0.05, 0.1) is 137 Å². The van der Waals surface area contributed by atoms with Crippen molar-refractivity contribution < 1.29 is 96.8 Å². The van der Waals surface area contributed by atoms with Crippen LogP contribution in [0.15, 0.2) is 6.58 Å². The summed E-state index contributed by atoms with van der Waals surface area (Å²) in [6, 6.07) is 0. The van der Waals surface area contributed by atoms with Gasteiger partial charge in [0.1, 0.15) is 0 Å². The molecule has 0 unspecified atom stereocenters. The summed E-state index contributed by atoms with van der Waals surface area (Å²) in [6.45, 7) is 9.79. The molecule has 0 heterocycles. The molecular formula is C38H48F8O13. The van der Waals surface area contributed by atoms with Gasteiger partial charge in [-0.15, -0.1) is 0 Å². The highest BCUT2D eigenvalue weighted by molar-refractivity contribution is 5.77. The molecule has 2 aromatic rings. The molecule has 0 aliphatic rings. The van der Waals surface area contributed by atoms with Gasteiger partial charge >= 0.3 is 11.9 Å². The highest BCUT2D eigenvalue weighted by Crippen LogP contribution is 2.35. The zero-order valence-corrected chi connectivity index (χ0v) is 32.7. The second kappa shape index (κ2) is 29.4. The smallest absolute Gasteiger partial charge is 0.313 e. The molecule has 0 atom stereocenters. The monoisotopic (exact) mass is 864 g/mol. The van der Waals surface area contributed by atoms with Gasteiger partial charge in [-0.1, -0.05) is 6.58 Å². The van der Waals surface area contributed by atoms with E-state index in [2.05, 4.69) is 11.3 Å². The zero-order valence-electron chi connectivity index (χ0n) is 32.7. The van der Waals surface area contributed by atoms with E-state index < -0.39 is 81.1 Å². The van der Waals surface area contributed by atoms with Crippen LogP contribution < -0.4 is 9.47 Å². The Morgan fingerprint density at radius 1 is 0.390 bits per heavy atom. The number of hydrogen-bond donors (Lipinski definition) is 0. The molecule has 0 saturated heterocycles. The lowest BCUT2D eigenvalue weighted by molar-refractivity contribution is -0.137. The molecule has 334 valence electrons. The first-order valence-corrected chi connectivity index (χ1v) is 18.2. The molecule has 13 nitrogen and oxygen atoms in total. The fourth-order valence-electron chi connectivity index (χ4n) is 4.43. The Kier molecular flexibility index (Phi) is 25.6. The molecule has 0 radical (unpaired) electrons. The number of esters is 2. The summed E-state index contributed by atoms with van der Waals surface area (Å²) in [6.07, 6.45) is -0.724. The van der Waals surface area contributed by atoms with Gasteiger partial charge in [0.25, 0.3) is 0 Å². The summed E-state index contributed by atoms with van der Waals surface area (Å²) in [4.78, 5) is 23.8. The summed E-state index contributed by atoms with van der Waals surface area (Å²) in [5.41, 5.74) is -1.61. The van der Waals surface area contributed by atoms with E-state index in [1.165, 1.54) is 6.92 Å². The molecule has 0 bridgehead atoms. The van der Waals surface area contributed by atoms with Gasteiger partial charge in [0, 0.05) is 5.56 Å². The fraction of sp³-hybridized carbons (Fsp3) is 0.579. The second-order valence-corrected chi connectivity index (χ2v) is 11.9. The molecular weight excluding hydrogens is 816 g/mol. The SMILES string of the molecule is C=C(C)c1c(F)c(F)c(F)c(F)c1OC(=O)CCOCCOCCOCCOCCOCCOCCOCCOCCOCCC(=O)Oc1c(C)c(F)c(F)c(F)c1F. The lowest BCUT2D eigenvalue weighted by Crippen LogP contribution is -2.17. The maximum Gasteiger partial charge on any atom is 0.313 e. The van der Waals surface area contributed by atoms with Gasteiger partial charge in [-0.25, -0.2) is 26.3 Å². The van der Waals surface area contributed by atoms with Crippen molar-refractivity contribution in [3.8, 4) is 11.5 Å². The predicted octanol–water partition coefficient (Wildman–Crippen LogP) is 5.58. The fourth-order valence-corrected chi connectivity index (χ4v) is 4.43. The molecule has 2 rings (SSSR count). The molecule has 0 aliphatic carbocycles. The molecule has 0 N–H and O–H groups in total. The minimum Gasteiger partial charge on any atom is -0.423 e. The van der Waals surface area contributed by atoms with E-state index in [0.717, 1.165) is 6.92 Å². The summed E-state index contributed by atoms with van der Waals surface area (Å²) < 4.78 is 167. The first kappa shape index (κ1) is 51.3. The first-order chi connectivity index (χ1) is 28.3. The third-order valence-electron chi connectivity index (χ3n) is 7.41. The summed E-state index contributed by atoms with van der Waals surface area (Å²) >= 11 is 0. The Balaban J connectivity index is 1.29. The Hall–Kier alpha value is -3.80. The van der Waals surface area contributed by atoms with E-state index in [-0.39, 0.29) is 71.3 Å². The number of ether oxygens (including phenoxy) is 11. The van der Waals surface area contributed by atoms with Crippen LogP contribution >= 0.6 is 0 Å². The maximum absolute atomic E-state index is 14.1. The van der Waals surface area contributed by atoms with Gasteiger partial charge in [0.15, 0.2) is 34.8 Å². The van der Waals surface area contributed by atoms with E-state index in [4.69, 9.17) is 47.4 Å². The molecule has 0 spiro atoms. The molecule has 0 aromatic heterocycles. The van der Waals surface area contributed by atoms with Gasteiger partial charge in [-0.05, 0) is 19.4 Å². The van der Waals surface area contributed by atoms with Crippen molar-refractivity contribution in [1.29, 1.82) is 0 Å². The Labute approximate surface area is 335 Å². The Bertz CT molecular complexity index is 1590. The lowest BCUT2D eigenvalue weighted by atomic mass is 10.1. The van der Waals surface area contributed by atoms with Gasteiger partial charge in [-0.3, -0.25) is 9.59 Å². The number of allylic oxidation sites excluding steroid dienone is 1. The molecule has 21 heteroatoms. The van der Waals surface area contributed by atoms with Crippen LogP contribution in [0.25, 0.3) is 5.57 Å². The summed E-state index contributed by atoms with van der Waals surface area (Å²) in [7, 11) is 0. The predicted molar refractivity (Wildman–Crippen MR) is 190 cm³/mol. The number of rotatable bonds is 33. The Morgan fingerprint density at radius 3 is 0.966 bits per heavy atom. The standard InChI is InChI=1S/C38H48F8O13/c1-24(2)28-30(40)32(42)34(44)36(46)38(28)59-27(48)5-7-50-9-11-52-13-15-54-17-19-56-21-23-57-22-20-55-18-16-53-14-12-51-10-8-49-6-4-26(47)58-37-25(3)29(39)31(41)33(43)35(37)45/h1,4-23H2,2-3H3. The number of benzene rings is 2. The lowest BCUT2D eigenvalue weighted by Gasteiger charge is -2.13. The largest absolute Gasteiger partial charge is 0.423 e. The quantitative estimate of drug-likeness (QED) is 0.0221. The molecule has 0 aliphatic heterocycles. The van der Waals surface area contributed by atoms with E-state index in [0.29, 0.717) is 66.1 Å². The van der Waals surface area contributed by atoms with Crippen LogP contribution in [0.3, 0.4) is 0 Å². The van der Waals surface area contributed by atoms with E-state index >= 15 is 0 Å². The summed E-state index contributed by atoms with van der Waals surface area (Å²) in [5.74, 6) is -19.4. The summed E-state index contributed by atoms with van der Waals surface area (Å²) in [5, 5.41) is 0. The van der Waals surface area contributed by atoms with Crippen molar-refractivity contribution in [3.05, 3.63) is 64.2 Å². The maximum atomic E-state index is 14.1. The number of carbonyl (C=O) groups excluding carboxylic acids is 2. The molecule has 0 amide bonds. The molecule has 0 fully saturated rings. The number of halogens is 8. The highest BCUT2D eigenvalue weighted by atomic mass is 19.2. The van der Waals surface area contributed by atoms with Crippen LogP contribution in [0.4, 0.5) is 35.1 Å². The molecule has 0 saturated carbocycles. The van der Waals surface area contributed by atoms with Crippen LogP contribution in [0.1, 0.15) is 30.9 Å². The van der Waals surface area contributed by atoms with Crippen LogP contribution in [0.5, 0.6) is 11.5 Å². The average molecular weight is 865 g/mol. The second-order valence-electron chi connectivity index (χ2n) is 11.9. The van der Waals surface area contributed by atoms with Crippen LogP contribution in [0, 0.1) is 53.5 Å². The van der Waals surface area contributed by atoms with Gasteiger partial charge in [-0.2, -0.15) is 8.78 Å². The first-order valence-electron chi connectivity index (χ1n) is 18.2. The third-order valence-corrected chi connectivity index (χ3v) is 7.41. The molecule has 59 heavy (non-hydrogen) atoms. The van der Waals surface area contributed by atoms with Gasteiger partial charge in [0.2, 0.25) is 23.3 Å². The number of carbonyl (C=O) groups is 2. The minimum atomic E-state index is -2.11. The normalized spacial score (nSPS) is 11.4. The van der Waals surface area contributed by atoms with E-state index in [9.17, 15) is 44.7 Å².